The second-order valence-electron chi connectivity index (χ2n) is 7.03. The molecule has 26 heavy (non-hydrogen) atoms. The maximum atomic E-state index is 12.6. The normalized spacial score (nSPS) is 22.6. The lowest BCUT2D eigenvalue weighted by Crippen LogP contribution is -2.43. The molecule has 0 bridgehead atoms. The fourth-order valence-electron chi connectivity index (χ4n) is 3.25. The lowest BCUT2D eigenvalue weighted by atomic mass is 9.75. The van der Waals surface area contributed by atoms with E-state index in [9.17, 15) is 18.0 Å². The third kappa shape index (κ3) is 3.57. The van der Waals surface area contributed by atoms with Crippen molar-refractivity contribution in [2.75, 3.05) is 0 Å². The van der Waals surface area contributed by atoms with Gasteiger partial charge in [-0.15, -0.1) is 0 Å². The van der Waals surface area contributed by atoms with Crippen LogP contribution in [0.25, 0.3) is 0 Å². The molecule has 2 aromatic rings. The Balaban J connectivity index is 1.32. The van der Waals surface area contributed by atoms with Crippen LogP contribution in [0.4, 0.5) is 13.2 Å². The Morgan fingerprint density at radius 1 is 1.04 bits per heavy atom. The Morgan fingerprint density at radius 3 is 2.35 bits per heavy atom. The molecule has 1 N–H and O–H groups in total. The van der Waals surface area contributed by atoms with Gasteiger partial charge in [0, 0.05) is 18.2 Å². The molecule has 1 heterocycles. The van der Waals surface area contributed by atoms with Crippen molar-refractivity contribution in [1.29, 1.82) is 0 Å². The number of nitrogens with one attached hydrogen (secondary N) is 1. The zero-order valence-corrected chi connectivity index (χ0v) is 14.0. The first kappa shape index (κ1) is 17.0. The van der Waals surface area contributed by atoms with Crippen molar-refractivity contribution in [2.24, 2.45) is 0 Å². The van der Waals surface area contributed by atoms with Gasteiger partial charge in [-0.05, 0) is 55.4 Å². The van der Waals surface area contributed by atoms with Crippen molar-refractivity contribution >= 4 is 5.91 Å². The summed E-state index contributed by atoms with van der Waals surface area (Å²) in [6.07, 6.45) is 0.882. The van der Waals surface area contributed by atoms with Crippen LogP contribution < -0.4 is 5.32 Å². The fraction of sp³-hybridized carbons (Fsp3) is 0.421. The Bertz CT molecular complexity index is 810. The zero-order valence-electron chi connectivity index (χ0n) is 14.0. The van der Waals surface area contributed by atoms with Gasteiger partial charge in [-0.1, -0.05) is 12.1 Å². The number of hydrogen-bond donors (Lipinski definition) is 1. The van der Waals surface area contributed by atoms with E-state index in [1.54, 1.807) is 12.3 Å². The largest absolute Gasteiger partial charge is 0.416 e. The molecule has 0 radical (unpaired) electrons. The molecule has 4 nitrogen and oxygen atoms in total. The van der Waals surface area contributed by atoms with Crippen LogP contribution in [0, 0.1) is 0 Å². The minimum Gasteiger partial charge on any atom is -0.348 e. The standard InChI is InChI=1S/C19H18F3N3O/c20-19(21,22)14-5-3-11(4-6-14)13-9-15(10-13)24-18(26)16-7-8-23-17(25-16)12-1-2-12/h3-8,12-13,15H,1-2,9-10H2,(H,24,26). The van der Waals surface area contributed by atoms with Gasteiger partial charge in [0.15, 0.2) is 0 Å². The van der Waals surface area contributed by atoms with Gasteiger partial charge in [0.05, 0.1) is 5.56 Å². The van der Waals surface area contributed by atoms with E-state index in [2.05, 4.69) is 15.3 Å². The highest BCUT2D eigenvalue weighted by molar-refractivity contribution is 5.92. The van der Waals surface area contributed by atoms with E-state index in [0.717, 1.165) is 49.2 Å². The lowest BCUT2D eigenvalue weighted by molar-refractivity contribution is -0.137. The van der Waals surface area contributed by atoms with Crippen molar-refractivity contribution < 1.29 is 18.0 Å². The van der Waals surface area contributed by atoms with Crippen molar-refractivity contribution in [2.45, 2.75) is 49.7 Å². The molecule has 0 aliphatic heterocycles. The molecule has 0 atom stereocenters. The fourth-order valence-corrected chi connectivity index (χ4v) is 3.25. The first-order chi connectivity index (χ1) is 12.4. The van der Waals surface area contributed by atoms with E-state index in [1.165, 1.54) is 12.1 Å². The smallest absolute Gasteiger partial charge is 0.348 e. The number of rotatable bonds is 4. The van der Waals surface area contributed by atoms with E-state index < -0.39 is 11.7 Å². The second-order valence-corrected chi connectivity index (χ2v) is 7.03. The van der Waals surface area contributed by atoms with Gasteiger partial charge in [-0.3, -0.25) is 4.79 Å². The summed E-state index contributed by atoms with van der Waals surface area (Å²) in [4.78, 5) is 20.8. The molecule has 136 valence electrons. The van der Waals surface area contributed by atoms with Gasteiger partial charge < -0.3 is 5.32 Å². The number of aromatic nitrogens is 2. The minimum absolute atomic E-state index is 0.0223. The number of hydrogen-bond acceptors (Lipinski definition) is 3. The van der Waals surface area contributed by atoms with Crippen molar-refractivity contribution in [3.8, 4) is 0 Å². The molecule has 4 rings (SSSR count). The highest BCUT2D eigenvalue weighted by Crippen LogP contribution is 2.39. The average molecular weight is 361 g/mol. The number of carbonyl (C=O) groups is 1. The predicted octanol–water partition coefficient (Wildman–Crippen LogP) is 4.05. The zero-order chi connectivity index (χ0) is 18.3. The third-order valence-electron chi connectivity index (χ3n) is 5.03. The highest BCUT2D eigenvalue weighted by Gasteiger charge is 2.34. The van der Waals surface area contributed by atoms with Crippen molar-refractivity contribution in [1.82, 2.24) is 15.3 Å². The summed E-state index contributed by atoms with van der Waals surface area (Å²) in [5.74, 6) is 1.07. The van der Waals surface area contributed by atoms with E-state index in [1.807, 2.05) is 0 Å². The monoisotopic (exact) mass is 361 g/mol. The molecule has 0 unspecified atom stereocenters. The molecule has 0 spiro atoms. The number of alkyl halides is 3. The molecule has 1 amide bonds. The highest BCUT2D eigenvalue weighted by atomic mass is 19.4. The maximum Gasteiger partial charge on any atom is 0.416 e. The molecule has 7 heteroatoms. The van der Waals surface area contributed by atoms with Gasteiger partial charge in [-0.25, -0.2) is 9.97 Å². The molecule has 0 saturated heterocycles. The molecular weight excluding hydrogens is 343 g/mol. The molecule has 2 saturated carbocycles. The molecular formula is C19H18F3N3O. The van der Waals surface area contributed by atoms with Crippen LogP contribution in [0.2, 0.25) is 0 Å². The Hall–Kier alpha value is -2.44. The van der Waals surface area contributed by atoms with E-state index in [-0.39, 0.29) is 17.9 Å². The summed E-state index contributed by atoms with van der Waals surface area (Å²) >= 11 is 0. The molecule has 2 aliphatic carbocycles. The summed E-state index contributed by atoms with van der Waals surface area (Å²) < 4.78 is 37.8. The van der Waals surface area contributed by atoms with Crippen LogP contribution in [0.15, 0.2) is 36.5 Å². The van der Waals surface area contributed by atoms with Gasteiger partial charge in [0.25, 0.3) is 5.91 Å². The number of carbonyl (C=O) groups excluding carboxylic acids is 1. The van der Waals surface area contributed by atoms with Crippen LogP contribution in [0.3, 0.4) is 0 Å². The Labute approximate surface area is 148 Å². The van der Waals surface area contributed by atoms with Crippen molar-refractivity contribution in [3.63, 3.8) is 0 Å². The average Bonchev–Trinajstić information content (AvgIpc) is 3.42. The Morgan fingerprint density at radius 2 is 1.73 bits per heavy atom. The summed E-state index contributed by atoms with van der Waals surface area (Å²) in [6.45, 7) is 0. The SMILES string of the molecule is O=C(NC1CC(c2ccc(C(F)(F)F)cc2)C1)c1ccnc(C2CC2)n1. The Kier molecular flexibility index (Phi) is 4.17. The second kappa shape index (κ2) is 6.37. The summed E-state index contributed by atoms with van der Waals surface area (Å²) in [7, 11) is 0. The summed E-state index contributed by atoms with van der Waals surface area (Å²) in [5, 5.41) is 2.95. The minimum atomic E-state index is -4.31. The van der Waals surface area contributed by atoms with Crippen LogP contribution in [-0.4, -0.2) is 21.9 Å². The quantitative estimate of drug-likeness (QED) is 0.894. The van der Waals surface area contributed by atoms with Gasteiger partial charge in [0.1, 0.15) is 11.5 Å². The first-order valence-corrected chi connectivity index (χ1v) is 8.71. The molecule has 2 aliphatic rings. The van der Waals surface area contributed by atoms with Gasteiger partial charge >= 0.3 is 6.18 Å². The molecule has 1 aromatic carbocycles. The van der Waals surface area contributed by atoms with E-state index in [0.29, 0.717) is 11.6 Å². The summed E-state index contributed by atoms with van der Waals surface area (Å²) in [5.41, 5.74) is 0.613. The van der Waals surface area contributed by atoms with E-state index in [4.69, 9.17) is 0 Å². The van der Waals surface area contributed by atoms with Gasteiger partial charge in [-0.2, -0.15) is 13.2 Å². The van der Waals surface area contributed by atoms with Crippen molar-refractivity contribution in [3.05, 3.63) is 59.2 Å². The molecule has 2 fully saturated rings. The van der Waals surface area contributed by atoms with Crippen LogP contribution >= 0.6 is 0 Å². The number of benzene rings is 1. The van der Waals surface area contributed by atoms with E-state index >= 15 is 0 Å². The van der Waals surface area contributed by atoms with Crippen LogP contribution in [0.1, 0.15) is 65.0 Å². The number of halogens is 3. The van der Waals surface area contributed by atoms with Crippen LogP contribution in [-0.2, 0) is 6.18 Å². The molecule has 1 aromatic heterocycles. The third-order valence-corrected chi connectivity index (χ3v) is 5.03. The van der Waals surface area contributed by atoms with Gasteiger partial charge in [0.2, 0.25) is 0 Å². The topological polar surface area (TPSA) is 54.9 Å². The lowest BCUT2D eigenvalue weighted by Gasteiger charge is -2.36. The van der Waals surface area contributed by atoms with Crippen LogP contribution in [0.5, 0.6) is 0 Å². The summed E-state index contributed by atoms with van der Waals surface area (Å²) in [6, 6.07) is 6.90. The number of amides is 1. The maximum absolute atomic E-state index is 12.6. The first-order valence-electron chi connectivity index (χ1n) is 8.71. The predicted molar refractivity (Wildman–Crippen MR) is 88.7 cm³/mol. The number of nitrogens with zero attached hydrogens (tertiary/aromatic N) is 2.